The lowest BCUT2D eigenvalue weighted by atomic mass is 10.0. The quantitative estimate of drug-likeness (QED) is 0.358. The van der Waals surface area contributed by atoms with Gasteiger partial charge in [0, 0.05) is 6.07 Å². The topological polar surface area (TPSA) is 84.2 Å². The fourth-order valence-electron chi connectivity index (χ4n) is 3.46. The molecule has 35 heavy (non-hydrogen) atoms. The van der Waals surface area contributed by atoms with Crippen molar-refractivity contribution in [2.75, 3.05) is 20.8 Å². The Kier molecular flexibility index (Phi) is 7.93. The molecule has 0 saturated carbocycles. The molecule has 0 fully saturated rings. The maximum Gasteiger partial charge on any atom is 0.450 e. The van der Waals surface area contributed by atoms with Crippen LogP contribution >= 0.6 is 0 Å². The zero-order valence-electron chi connectivity index (χ0n) is 19.7. The van der Waals surface area contributed by atoms with Crippen LogP contribution in [-0.2, 0) is 15.7 Å². The average molecular weight is 494 g/mol. The summed E-state index contributed by atoms with van der Waals surface area (Å²) in [6, 6.07) is 7.83. The molecular formula is C25H25F3O7. The number of esters is 1. The largest absolute Gasteiger partial charge is 0.493 e. The number of alkyl halides is 3. The number of ether oxygens (including phenoxy) is 4. The second-order valence-electron chi connectivity index (χ2n) is 7.54. The number of hydrogen-bond acceptors (Lipinski definition) is 7. The number of fused-ring (bicyclic) bond motifs is 1. The maximum atomic E-state index is 14.0. The minimum absolute atomic E-state index is 0.0457. The highest BCUT2D eigenvalue weighted by molar-refractivity contribution is 5.84. The molecular weight excluding hydrogens is 469 g/mol. The Hall–Kier alpha value is -3.69. The average Bonchev–Trinajstić information content (AvgIpc) is 2.84. The number of hydrogen-bond donors (Lipinski definition) is 0. The molecule has 0 saturated heterocycles. The van der Waals surface area contributed by atoms with Crippen molar-refractivity contribution in [2.45, 2.75) is 39.0 Å². The molecule has 0 bridgehead atoms. The van der Waals surface area contributed by atoms with Gasteiger partial charge in [-0.25, -0.2) is 4.79 Å². The fraction of sp³-hybridized carbons (Fsp3) is 0.360. The van der Waals surface area contributed by atoms with Crippen LogP contribution in [0.25, 0.3) is 22.1 Å². The monoisotopic (exact) mass is 494 g/mol. The van der Waals surface area contributed by atoms with Crippen LogP contribution in [0.2, 0.25) is 0 Å². The van der Waals surface area contributed by atoms with E-state index in [1.54, 1.807) is 6.92 Å². The van der Waals surface area contributed by atoms with Crippen LogP contribution < -0.4 is 19.6 Å². The van der Waals surface area contributed by atoms with Gasteiger partial charge in [0.25, 0.3) is 0 Å². The molecule has 0 spiro atoms. The Morgan fingerprint density at radius 2 is 1.74 bits per heavy atom. The highest BCUT2D eigenvalue weighted by atomic mass is 19.4. The summed E-state index contributed by atoms with van der Waals surface area (Å²) >= 11 is 0. The number of rotatable bonds is 9. The van der Waals surface area contributed by atoms with Gasteiger partial charge in [0.1, 0.15) is 11.3 Å². The molecule has 0 radical (unpaired) electrons. The summed E-state index contributed by atoms with van der Waals surface area (Å²) in [4.78, 5) is 25.4. The van der Waals surface area contributed by atoms with E-state index in [4.69, 9.17) is 23.4 Å². The molecule has 1 atom stereocenters. The Bertz CT molecular complexity index is 1260. The molecule has 0 aliphatic rings. The van der Waals surface area contributed by atoms with Crippen LogP contribution in [0.5, 0.6) is 17.2 Å². The third-order valence-electron chi connectivity index (χ3n) is 5.15. The van der Waals surface area contributed by atoms with Gasteiger partial charge < -0.3 is 23.4 Å². The summed E-state index contributed by atoms with van der Waals surface area (Å²) in [7, 11) is 2.72. The number of halogens is 3. The van der Waals surface area contributed by atoms with Gasteiger partial charge in [-0.2, -0.15) is 13.2 Å². The van der Waals surface area contributed by atoms with Crippen LogP contribution in [0.4, 0.5) is 13.2 Å². The second-order valence-corrected chi connectivity index (χ2v) is 7.54. The lowest BCUT2D eigenvalue weighted by Crippen LogP contribution is -2.29. The van der Waals surface area contributed by atoms with Crippen molar-refractivity contribution < 1.29 is 41.3 Å². The van der Waals surface area contributed by atoms with Crippen molar-refractivity contribution in [1.29, 1.82) is 0 Å². The predicted octanol–water partition coefficient (Wildman–Crippen LogP) is 5.61. The van der Waals surface area contributed by atoms with Gasteiger partial charge in [0.15, 0.2) is 17.6 Å². The van der Waals surface area contributed by atoms with Crippen molar-refractivity contribution >= 4 is 16.9 Å². The van der Waals surface area contributed by atoms with Crippen LogP contribution in [0.1, 0.15) is 32.4 Å². The second kappa shape index (κ2) is 10.7. The van der Waals surface area contributed by atoms with Crippen molar-refractivity contribution in [3.8, 4) is 28.4 Å². The van der Waals surface area contributed by atoms with Crippen LogP contribution in [-0.4, -0.2) is 32.9 Å². The molecule has 3 aromatic rings. The summed E-state index contributed by atoms with van der Waals surface area (Å²) in [6.45, 7) is 3.77. The third kappa shape index (κ3) is 5.52. The van der Waals surface area contributed by atoms with E-state index in [-0.39, 0.29) is 41.1 Å². The lowest BCUT2D eigenvalue weighted by molar-refractivity contribution is -0.152. The first-order valence-electron chi connectivity index (χ1n) is 10.9. The SMILES string of the molecule is CCCOC(=O)[C@H](CC)Oc1ccc2c(=O)c(-c3ccc(OC)c(OC)c3)c(C(F)(F)F)oc2c1. The van der Waals surface area contributed by atoms with E-state index in [2.05, 4.69) is 0 Å². The normalized spacial score (nSPS) is 12.3. The molecule has 0 unspecified atom stereocenters. The van der Waals surface area contributed by atoms with E-state index in [0.717, 1.165) is 6.07 Å². The Morgan fingerprint density at radius 3 is 2.34 bits per heavy atom. The van der Waals surface area contributed by atoms with E-state index in [0.29, 0.717) is 12.2 Å². The molecule has 2 aromatic carbocycles. The van der Waals surface area contributed by atoms with Gasteiger partial charge in [-0.3, -0.25) is 4.79 Å². The highest BCUT2D eigenvalue weighted by Gasteiger charge is 2.39. The first-order chi connectivity index (χ1) is 16.6. The summed E-state index contributed by atoms with van der Waals surface area (Å²) < 4.78 is 68.1. The molecule has 0 aliphatic carbocycles. The molecule has 3 rings (SSSR count). The molecule has 188 valence electrons. The fourth-order valence-corrected chi connectivity index (χ4v) is 3.46. The van der Waals surface area contributed by atoms with Gasteiger partial charge in [-0.1, -0.05) is 19.9 Å². The van der Waals surface area contributed by atoms with E-state index in [1.165, 1.54) is 44.6 Å². The van der Waals surface area contributed by atoms with Crippen molar-refractivity contribution in [2.24, 2.45) is 0 Å². The van der Waals surface area contributed by atoms with Crippen molar-refractivity contribution in [1.82, 2.24) is 0 Å². The number of carbonyl (C=O) groups excluding carboxylic acids is 1. The Labute approximate surface area is 199 Å². The Morgan fingerprint density at radius 1 is 1.03 bits per heavy atom. The van der Waals surface area contributed by atoms with Gasteiger partial charge >= 0.3 is 12.1 Å². The number of benzene rings is 2. The maximum absolute atomic E-state index is 14.0. The van der Waals surface area contributed by atoms with E-state index in [1.807, 2.05) is 6.92 Å². The standard InChI is InChI=1S/C25H25F3O7/c1-5-11-33-24(30)17(6-2)34-15-8-9-16-19(13-15)35-23(25(26,27)28)21(22(16)29)14-7-10-18(31-3)20(12-14)32-4/h7-10,12-13,17H,5-6,11H2,1-4H3/t17-/m0/s1. The zero-order valence-corrected chi connectivity index (χ0v) is 19.7. The summed E-state index contributed by atoms with van der Waals surface area (Å²) in [5, 5.41) is -0.0863. The van der Waals surface area contributed by atoms with Gasteiger partial charge in [0.2, 0.25) is 11.2 Å². The lowest BCUT2D eigenvalue weighted by Gasteiger charge is -2.17. The number of carbonyl (C=O) groups is 1. The van der Waals surface area contributed by atoms with Crippen molar-refractivity contribution in [3.63, 3.8) is 0 Å². The molecule has 0 amide bonds. The third-order valence-corrected chi connectivity index (χ3v) is 5.15. The minimum atomic E-state index is -4.97. The molecule has 10 heteroatoms. The van der Waals surface area contributed by atoms with E-state index < -0.39 is 35.0 Å². The molecule has 1 heterocycles. The van der Waals surface area contributed by atoms with Crippen LogP contribution in [0.15, 0.2) is 45.6 Å². The van der Waals surface area contributed by atoms with Crippen LogP contribution in [0, 0.1) is 0 Å². The predicted molar refractivity (Wildman–Crippen MR) is 122 cm³/mol. The minimum Gasteiger partial charge on any atom is -0.493 e. The first-order valence-corrected chi connectivity index (χ1v) is 10.9. The van der Waals surface area contributed by atoms with Gasteiger partial charge in [-0.05, 0) is 42.7 Å². The first kappa shape index (κ1) is 25.9. The van der Waals surface area contributed by atoms with Gasteiger partial charge in [0.05, 0.1) is 31.8 Å². The van der Waals surface area contributed by atoms with Crippen LogP contribution in [0.3, 0.4) is 0 Å². The Balaban J connectivity index is 2.13. The summed E-state index contributed by atoms with van der Waals surface area (Å²) in [5.41, 5.74) is -1.92. The summed E-state index contributed by atoms with van der Waals surface area (Å²) in [6.07, 6.45) is -5.02. The van der Waals surface area contributed by atoms with E-state index in [9.17, 15) is 22.8 Å². The molecule has 0 aliphatic heterocycles. The zero-order chi connectivity index (χ0) is 25.8. The molecule has 0 N–H and O–H groups in total. The smallest absolute Gasteiger partial charge is 0.450 e. The van der Waals surface area contributed by atoms with E-state index >= 15 is 0 Å². The molecule has 7 nitrogen and oxygen atoms in total. The van der Waals surface area contributed by atoms with Gasteiger partial charge in [-0.15, -0.1) is 0 Å². The van der Waals surface area contributed by atoms with Crippen molar-refractivity contribution in [3.05, 3.63) is 52.4 Å². The number of methoxy groups -OCH3 is 2. The highest BCUT2D eigenvalue weighted by Crippen LogP contribution is 2.40. The molecule has 1 aromatic heterocycles. The summed E-state index contributed by atoms with van der Waals surface area (Å²) in [5.74, 6) is -1.54.